The Bertz CT molecular complexity index is 531. The lowest BCUT2D eigenvalue weighted by molar-refractivity contribution is 0.0546. The molecule has 0 amide bonds. The van der Waals surface area contributed by atoms with Crippen LogP contribution in [0.4, 0.5) is 5.69 Å². The van der Waals surface area contributed by atoms with Gasteiger partial charge in [0.15, 0.2) is 0 Å². The van der Waals surface area contributed by atoms with Crippen LogP contribution < -0.4 is 10.5 Å². The standard InChI is InChI=1S/C14H18N2O3/c1-17-7-8-18-9-10-19-13-5-4-12(15)11-3-2-6-16-14(11)13/h2-6H,7-10,15H2,1H3. The van der Waals surface area contributed by atoms with E-state index in [0.29, 0.717) is 32.1 Å². The van der Waals surface area contributed by atoms with E-state index in [1.165, 1.54) is 0 Å². The van der Waals surface area contributed by atoms with Crippen molar-refractivity contribution < 1.29 is 14.2 Å². The second-order valence-corrected chi connectivity index (χ2v) is 4.01. The molecule has 5 heteroatoms. The summed E-state index contributed by atoms with van der Waals surface area (Å²) in [4.78, 5) is 4.30. The molecule has 102 valence electrons. The van der Waals surface area contributed by atoms with E-state index < -0.39 is 0 Å². The van der Waals surface area contributed by atoms with Gasteiger partial charge in [0.2, 0.25) is 0 Å². The van der Waals surface area contributed by atoms with Crippen molar-refractivity contribution in [3.05, 3.63) is 30.5 Å². The Kier molecular flexibility index (Phi) is 4.94. The summed E-state index contributed by atoms with van der Waals surface area (Å²) < 4.78 is 15.9. The number of benzene rings is 1. The molecule has 0 fully saturated rings. The molecule has 19 heavy (non-hydrogen) atoms. The van der Waals surface area contributed by atoms with Gasteiger partial charge in [-0.25, -0.2) is 0 Å². The van der Waals surface area contributed by atoms with Crippen molar-refractivity contribution in [1.29, 1.82) is 0 Å². The van der Waals surface area contributed by atoms with Gasteiger partial charge in [0.25, 0.3) is 0 Å². The van der Waals surface area contributed by atoms with Crippen molar-refractivity contribution >= 4 is 16.6 Å². The van der Waals surface area contributed by atoms with Gasteiger partial charge in [0.1, 0.15) is 17.9 Å². The molecule has 0 spiro atoms. The molecule has 5 nitrogen and oxygen atoms in total. The van der Waals surface area contributed by atoms with Gasteiger partial charge in [-0.05, 0) is 24.3 Å². The number of nitrogens with two attached hydrogens (primary N) is 1. The summed E-state index contributed by atoms with van der Waals surface area (Å²) >= 11 is 0. The van der Waals surface area contributed by atoms with E-state index in [1.807, 2.05) is 24.3 Å². The predicted octanol–water partition coefficient (Wildman–Crippen LogP) is 1.86. The van der Waals surface area contributed by atoms with Crippen molar-refractivity contribution in [1.82, 2.24) is 4.98 Å². The van der Waals surface area contributed by atoms with Crippen molar-refractivity contribution in [3.63, 3.8) is 0 Å². The van der Waals surface area contributed by atoms with E-state index >= 15 is 0 Å². The summed E-state index contributed by atoms with van der Waals surface area (Å²) in [5, 5.41) is 0.903. The Labute approximate surface area is 112 Å². The van der Waals surface area contributed by atoms with Gasteiger partial charge in [0, 0.05) is 24.4 Å². The number of hydrogen-bond acceptors (Lipinski definition) is 5. The molecule has 1 aromatic heterocycles. The molecule has 0 saturated heterocycles. The quantitative estimate of drug-likeness (QED) is 0.609. The van der Waals surface area contributed by atoms with Crippen LogP contribution in [-0.2, 0) is 9.47 Å². The molecule has 2 N–H and O–H groups in total. The number of hydrogen-bond donors (Lipinski definition) is 1. The van der Waals surface area contributed by atoms with Crippen molar-refractivity contribution in [2.24, 2.45) is 0 Å². The Hall–Kier alpha value is -1.85. The van der Waals surface area contributed by atoms with Crippen LogP contribution in [0.2, 0.25) is 0 Å². The van der Waals surface area contributed by atoms with Crippen LogP contribution in [0.1, 0.15) is 0 Å². The summed E-state index contributed by atoms with van der Waals surface area (Å²) in [5.74, 6) is 0.722. The van der Waals surface area contributed by atoms with Gasteiger partial charge >= 0.3 is 0 Å². The van der Waals surface area contributed by atoms with Gasteiger partial charge in [-0.2, -0.15) is 0 Å². The molecule has 0 aliphatic heterocycles. The van der Waals surface area contributed by atoms with E-state index in [0.717, 1.165) is 16.7 Å². The second kappa shape index (κ2) is 6.92. The number of anilines is 1. The highest BCUT2D eigenvalue weighted by atomic mass is 16.5. The molecular weight excluding hydrogens is 244 g/mol. The van der Waals surface area contributed by atoms with Crippen LogP contribution in [0.3, 0.4) is 0 Å². The average molecular weight is 262 g/mol. The summed E-state index contributed by atoms with van der Waals surface area (Å²) in [7, 11) is 1.64. The van der Waals surface area contributed by atoms with Crippen LogP contribution in [0.25, 0.3) is 10.9 Å². The number of methoxy groups -OCH3 is 1. The third-order valence-electron chi connectivity index (χ3n) is 2.68. The fourth-order valence-electron chi connectivity index (χ4n) is 1.74. The lowest BCUT2D eigenvalue weighted by Gasteiger charge is -2.10. The fourth-order valence-corrected chi connectivity index (χ4v) is 1.74. The molecular formula is C14H18N2O3. The van der Waals surface area contributed by atoms with Crippen molar-refractivity contribution in [2.45, 2.75) is 0 Å². The topological polar surface area (TPSA) is 66.6 Å². The Morgan fingerprint density at radius 2 is 1.95 bits per heavy atom. The lowest BCUT2D eigenvalue weighted by Crippen LogP contribution is -2.10. The first-order valence-corrected chi connectivity index (χ1v) is 6.15. The first-order valence-electron chi connectivity index (χ1n) is 6.15. The van der Waals surface area contributed by atoms with Crippen LogP contribution in [0.5, 0.6) is 5.75 Å². The first kappa shape index (κ1) is 13.6. The lowest BCUT2D eigenvalue weighted by atomic mass is 10.2. The molecule has 0 saturated carbocycles. The zero-order valence-electron chi connectivity index (χ0n) is 11.0. The highest BCUT2D eigenvalue weighted by Gasteiger charge is 2.05. The number of rotatable bonds is 7. The number of pyridine rings is 1. The van der Waals surface area contributed by atoms with Crippen molar-refractivity contribution in [3.8, 4) is 5.75 Å². The van der Waals surface area contributed by atoms with Crippen LogP contribution in [0, 0.1) is 0 Å². The highest BCUT2D eigenvalue weighted by Crippen LogP contribution is 2.27. The Balaban J connectivity index is 1.96. The van der Waals surface area contributed by atoms with E-state index in [4.69, 9.17) is 19.9 Å². The minimum absolute atomic E-state index is 0.472. The van der Waals surface area contributed by atoms with E-state index in [2.05, 4.69) is 4.98 Å². The van der Waals surface area contributed by atoms with Gasteiger partial charge < -0.3 is 19.9 Å². The normalized spacial score (nSPS) is 10.8. The average Bonchev–Trinajstić information content (AvgIpc) is 2.45. The Morgan fingerprint density at radius 1 is 1.11 bits per heavy atom. The van der Waals surface area contributed by atoms with Crippen molar-refractivity contribution in [2.75, 3.05) is 39.3 Å². The van der Waals surface area contributed by atoms with Gasteiger partial charge in [-0.1, -0.05) is 0 Å². The van der Waals surface area contributed by atoms with Gasteiger partial charge in [-0.3, -0.25) is 4.98 Å². The number of fused-ring (bicyclic) bond motifs is 1. The zero-order chi connectivity index (χ0) is 13.5. The SMILES string of the molecule is COCCOCCOc1ccc(N)c2cccnc12. The van der Waals surface area contributed by atoms with Gasteiger partial charge in [0.05, 0.1) is 19.8 Å². The molecule has 0 atom stereocenters. The first-order chi connectivity index (χ1) is 9.33. The summed E-state index contributed by atoms with van der Waals surface area (Å²) in [6.45, 7) is 2.15. The summed E-state index contributed by atoms with van der Waals surface area (Å²) in [6, 6.07) is 7.45. The monoisotopic (exact) mass is 262 g/mol. The summed E-state index contributed by atoms with van der Waals surface area (Å²) in [6.07, 6.45) is 1.73. The number of nitrogens with zero attached hydrogens (tertiary/aromatic N) is 1. The molecule has 2 aromatic rings. The molecule has 1 aromatic carbocycles. The number of aromatic nitrogens is 1. The molecule has 2 rings (SSSR count). The van der Waals surface area contributed by atoms with Gasteiger partial charge in [-0.15, -0.1) is 0 Å². The third-order valence-corrected chi connectivity index (χ3v) is 2.68. The Morgan fingerprint density at radius 3 is 2.79 bits per heavy atom. The largest absolute Gasteiger partial charge is 0.489 e. The minimum Gasteiger partial charge on any atom is -0.489 e. The second-order valence-electron chi connectivity index (χ2n) is 4.01. The number of nitrogen functional groups attached to an aromatic ring is 1. The van der Waals surface area contributed by atoms with Crippen LogP contribution in [-0.4, -0.2) is 38.5 Å². The third kappa shape index (κ3) is 3.56. The predicted molar refractivity (Wildman–Crippen MR) is 74.3 cm³/mol. The minimum atomic E-state index is 0.472. The molecule has 0 aliphatic rings. The van der Waals surface area contributed by atoms with Crippen LogP contribution in [0.15, 0.2) is 30.5 Å². The maximum atomic E-state index is 5.90. The molecule has 0 aliphatic carbocycles. The van der Waals surface area contributed by atoms with E-state index in [9.17, 15) is 0 Å². The highest BCUT2D eigenvalue weighted by molar-refractivity contribution is 5.94. The van der Waals surface area contributed by atoms with E-state index in [-0.39, 0.29) is 0 Å². The smallest absolute Gasteiger partial charge is 0.145 e. The maximum absolute atomic E-state index is 5.90. The molecule has 0 radical (unpaired) electrons. The summed E-state index contributed by atoms with van der Waals surface area (Å²) in [5.41, 5.74) is 7.38. The van der Waals surface area contributed by atoms with E-state index in [1.54, 1.807) is 13.3 Å². The number of ether oxygens (including phenoxy) is 3. The molecule has 1 heterocycles. The van der Waals surface area contributed by atoms with Crippen LogP contribution >= 0.6 is 0 Å². The molecule has 0 unspecified atom stereocenters. The fraction of sp³-hybridized carbons (Fsp3) is 0.357. The molecule has 0 bridgehead atoms. The maximum Gasteiger partial charge on any atom is 0.145 e. The zero-order valence-corrected chi connectivity index (χ0v) is 11.0.